The van der Waals surface area contributed by atoms with Crippen LogP contribution < -0.4 is 11.0 Å². The molecule has 0 aliphatic carbocycles. The maximum absolute atomic E-state index is 12.2. The van der Waals surface area contributed by atoms with Crippen molar-refractivity contribution in [2.24, 2.45) is 0 Å². The van der Waals surface area contributed by atoms with Gasteiger partial charge in [-0.3, -0.25) is 4.57 Å². The molecule has 0 atom stereocenters. The Morgan fingerprint density at radius 3 is 2.24 bits per heavy atom. The minimum absolute atomic E-state index is 0. The van der Waals surface area contributed by atoms with E-state index in [9.17, 15) is 4.79 Å². The van der Waals surface area contributed by atoms with Gasteiger partial charge in [0.1, 0.15) is 6.33 Å². The molecule has 0 aliphatic heterocycles. The monoisotopic (exact) mass is 308 g/mol. The summed E-state index contributed by atoms with van der Waals surface area (Å²) < 4.78 is 1.54. The Morgan fingerprint density at radius 2 is 1.76 bits per heavy atom. The van der Waals surface area contributed by atoms with E-state index >= 15 is 0 Å². The number of aryl methyl sites for hydroxylation is 2. The summed E-state index contributed by atoms with van der Waals surface area (Å²) in [5.74, 6) is 0.376. The highest BCUT2D eigenvalue weighted by Gasteiger charge is 2.11. The first kappa shape index (κ1) is 17.2. The van der Waals surface area contributed by atoms with Crippen LogP contribution in [0.1, 0.15) is 31.9 Å². The summed E-state index contributed by atoms with van der Waals surface area (Å²) >= 11 is 0. The van der Waals surface area contributed by atoms with Crippen LogP contribution in [0.5, 0.6) is 0 Å². The Bertz CT molecular complexity index is 632. The van der Waals surface area contributed by atoms with Gasteiger partial charge in [0.05, 0.1) is 5.69 Å². The summed E-state index contributed by atoms with van der Waals surface area (Å²) in [6, 6.07) is 6.11. The SMILES string of the molecule is CCNc1ncn(-c2c(CC)cccc2CC)c(=O)n1.Cl. The maximum atomic E-state index is 12.2. The van der Waals surface area contributed by atoms with Crippen LogP contribution >= 0.6 is 12.4 Å². The first-order valence-electron chi connectivity index (χ1n) is 7.01. The average Bonchev–Trinajstić information content (AvgIpc) is 2.47. The molecule has 21 heavy (non-hydrogen) atoms. The van der Waals surface area contributed by atoms with Gasteiger partial charge in [-0.15, -0.1) is 12.4 Å². The van der Waals surface area contributed by atoms with Crippen LogP contribution in [0.2, 0.25) is 0 Å². The largest absolute Gasteiger partial charge is 0.356 e. The molecule has 6 heteroatoms. The fourth-order valence-electron chi connectivity index (χ4n) is 2.26. The van der Waals surface area contributed by atoms with Crippen LogP contribution in [0.25, 0.3) is 5.69 Å². The van der Waals surface area contributed by atoms with Crippen molar-refractivity contribution in [1.82, 2.24) is 14.5 Å². The Balaban J connectivity index is 0.00000220. The molecule has 1 N–H and O–H groups in total. The number of anilines is 1. The van der Waals surface area contributed by atoms with E-state index < -0.39 is 0 Å². The summed E-state index contributed by atoms with van der Waals surface area (Å²) in [6.07, 6.45) is 3.29. The molecular weight excluding hydrogens is 288 g/mol. The van der Waals surface area contributed by atoms with Gasteiger partial charge in [0.15, 0.2) is 0 Å². The van der Waals surface area contributed by atoms with Crippen molar-refractivity contribution in [2.45, 2.75) is 33.6 Å². The van der Waals surface area contributed by atoms with Gasteiger partial charge in [0, 0.05) is 6.54 Å². The number of para-hydroxylation sites is 1. The van der Waals surface area contributed by atoms with E-state index in [1.165, 1.54) is 0 Å². The second kappa shape index (κ2) is 7.78. The van der Waals surface area contributed by atoms with E-state index in [1.54, 1.807) is 10.9 Å². The summed E-state index contributed by atoms with van der Waals surface area (Å²) in [4.78, 5) is 20.4. The lowest BCUT2D eigenvalue weighted by Gasteiger charge is -2.14. The summed E-state index contributed by atoms with van der Waals surface area (Å²) in [6.45, 7) is 6.79. The number of rotatable bonds is 5. The molecule has 5 nitrogen and oxygen atoms in total. The minimum atomic E-state index is -0.299. The number of nitrogens with zero attached hydrogens (tertiary/aromatic N) is 3. The lowest BCUT2D eigenvalue weighted by Crippen LogP contribution is -2.25. The molecule has 0 radical (unpaired) electrons. The molecule has 0 fully saturated rings. The van der Waals surface area contributed by atoms with Crippen LogP contribution in [-0.4, -0.2) is 21.1 Å². The van der Waals surface area contributed by atoms with Crippen LogP contribution in [0.15, 0.2) is 29.3 Å². The van der Waals surface area contributed by atoms with Gasteiger partial charge in [0.25, 0.3) is 0 Å². The third-order valence-electron chi connectivity index (χ3n) is 3.24. The van der Waals surface area contributed by atoms with Gasteiger partial charge in [0.2, 0.25) is 5.95 Å². The molecule has 0 saturated heterocycles. The van der Waals surface area contributed by atoms with Crippen molar-refractivity contribution in [3.05, 3.63) is 46.1 Å². The molecule has 0 aliphatic rings. The zero-order valence-electron chi connectivity index (χ0n) is 12.6. The number of nitrogens with one attached hydrogen (secondary N) is 1. The van der Waals surface area contributed by atoms with Crippen LogP contribution in [0.3, 0.4) is 0 Å². The molecule has 114 valence electrons. The number of hydrogen-bond donors (Lipinski definition) is 1. The fraction of sp³-hybridized carbons (Fsp3) is 0.400. The molecule has 0 saturated carbocycles. The fourth-order valence-corrected chi connectivity index (χ4v) is 2.26. The number of aromatic nitrogens is 3. The van der Waals surface area contributed by atoms with Crippen LogP contribution in [-0.2, 0) is 12.8 Å². The van der Waals surface area contributed by atoms with Crippen LogP contribution in [0, 0.1) is 0 Å². The Labute approximate surface area is 130 Å². The average molecular weight is 309 g/mol. The third kappa shape index (κ3) is 3.61. The lowest BCUT2D eigenvalue weighted by atomic mass is 10.0. The van der Waals surface area contributed by atoms with Crippen molar-refractivity contribution in [2.75, 3.05) is 11.9 Å². The van der Waals surface area contributed by atoms with Gasteiger partial charge >= 0.3 is 5.69 Å². The van der Waals surface area contributed by atoms with Crippen LogP contribution in [0.4, 0.5) is 5.95 Å². The Kier molecular flexibility index (Phi) is 6.37. The van der Waals surface area contributed by atoms with Gasteiger partial charge < -0.3 is 5.32 Å². The highest BCUT2D eigenvalue weighted by Crippen LogP contribution is 2.19. The van der Waals surface area contributed by atoms with Gasteiger partial charge in [-0.1, -0.05) is 32.0 Å². The summed E-state index contributed by atoms with van der Waals surface area (Å²) in [7, 11) is 0. The van der Waals surface area contributed by atoms with Crippen molar-refractivity contribution < 1.29 is 0 Å². The molecule has 0 unspecified atom stereocenters. The first-order chi connectivity index (χ1) is 9.71. The predicted octanol–water partition coefficient (Wildman–Crippen LogP) is 2.61. The molecule has 0 bridgehead atoms. The molecule has 0 amide bonds. The smallest absolute Gasteiger partial charge is 0.354 e. The van der Waals surface area contributed by atoms with Gasteiger partial charge in [-0.2, -0.15) is 4.98 Å². The van der Waals surface area contributed by atoms with E-state index in [2.05, 4.69) is 29.1 Å². The lowest BCUT2D eigenvalue weighted by molar-refractivity contribution is 0.833. The van der Waals surface area contributed by atoms with Gasteiger partial charge in [-0.25, -0.2) is 9.78 Å². The number of benzene rings is 1. The molecular formula is C15H21ClN4O. The molecule has 0 spiro atoms. The number of halogens is 1. The molecule has 1 aromatic carbocycles. The van der Waals surface area contributed by atoms with Crippen molar-refractivity contribution in [3.63, 3.8) is 0 Å². The van der Waals surface area contributed by atoms with E-state index in [1.807, 2.05) is 25.1 Å². The van der Waals surface area contributed by atoms with E-state index in [-0.39, 0.29) is 18.1 Å². The molecule has 1 aromatic heterocycles. The Morgan fingerprint density at radius 1 is 1.14 bits per heavy atom. The highest BCUT2D eigenvalue weighted by molar-refractivity contribution is 5.85. The first-order valence-corrected chi connectivity index (χ1v) is 7.01. The second-order valence-corrected chi connectivity index (χ2v) is 4.49. The van der Waals surface area contributed by atoms with E-state index in [0.717, 1.165) is 29.7 Å². The third-order valence-corrected chi connectivity index (χ3v) is 3.24. The van der Waals surface area contributed by atoms with Crippen molar-refractivity contribution >= 4 is 18.4 Å². The number of hydrogen-bond acceptors (Lipinski definition) is 4. The van der Waals surface area contributed by atoms with E-state index in [0.29, 0.717) is 12.5 Å². The normalized spacial score (nSPS) is 10.0. The Hall–Kier alpha value is -1.88. The van der Waals surface area contributed by atoms with E-state index in [4.69, 9.17) is 0 Å². The zero-order chi connectivity index (χ0) is 14.5. The molecule has 1 heterocycles. The van der Waals surface area contributed by atoms with Crippen molar-refractivity contribution in [3.8, 4) is 5.69 Å². The molecule has 2 rings (SSSR count). The predicted molar refractivity (Wildman–Crippen MR) is 87.8 cm³/mol. The highest BCUT2D eigenvalue weighted by atomic mass is 35.5. The summed E-state index contributed by atoms with van der Waals surface area (Å²) in [5, 5.41) is 2.95. The maximum Gasteiger partial charge on any atom is 0.356 e. The topological polar surface area (TPSA) is 59.8 Å². The molecule has 2 aromatic rings. The quantitative estimate of drug-likeness (QED) is 0.922. The van der Waals surface area contributed by atoms with Crippen molar-refractivity contribution in [1.29, 1.82) is 0 Å². The standard InChI is InChI=1S/C15H20N4O.ClH/c1-4-11-8-7-9-12(5-2)13(11)19-10-17-14(16-6-3)18-15(19)20;/h7-10H,4-6H2,1-3H3,(H,16,18,20);1H. The minimum Gasteiger partial charge on any atom is -0.354 e. The second-order valence-electron chi connectivity index (χ2n) is 4.49. The van der Waals surface area contributed by atoms with Gasteiger partial charge in [-0.05, 0) is 30.9 Å². The summed E-state index contributed by atoms with van der Waals surface area (Å²) in [5.41, 5.74) is 2.88. The zero-order valence-corrected chi connectivity index (χ0v) is 13.4.